The van der Waals surface area contributed by atoms with E-state index < -0.39 is 6.04 Å². The summed E-state index contributed by atoms with van der Waals surface area (Å²) in [4.78, 5) is 12.6. The largest absolute Gasteiger partial charge is 0.453 e. The highest BCUT2D eigenvalue weighted by Gasteiger charge is 2.20. The molecule has 128 valence electrons. The highest BCUT2D eigenvalue weighted by atomic mass is 19.1. The monoisotopic (exact) mass is 339 g/mol. The van der Waals surface area contributed by atoms with Crippen LogP contribution in [0.2, 0.25) is 0 Å². The summed E-state index contributed by atoms with van der Waals surface area (Å²) < 4.78 is 23.7. The van der Waals surface area contributed by atoms with Gasteiger partial charge in [-0.15, -0.1) is 0 Å². The molecule has 1 N–H and O–H groups in total. The molecule has 0 radical (unpaired) electrons. The predicted molar refractivity (Wildman–Crippen MR) is 91.6 cm³/mol. The number of carbonyl (C=O) groups excluding carboxylic acids is 1. The van der Waals surface area contributed by atoms with Crippen molar-refractivity contribution in [2.75, 3.05) is 7.11 Å². The molecule has 0 bridgehead atoms. The minimum Gasteiger partial charge on any atom is -0.453 e. The molecule has 0 aliphatic heterocycles. The van der Waals surface area contributed by atoms with Gasteiger partial charge in [-0.05, 0) is 35.4 Å². The predicted octanol–water partition coefficient (Wildman–Crippen LogP) is 4.08. The maximum atomic E-state index is 13.2. The Kier molecular flexibility index (Phi) is 5.26. The Balaban J connectivity index is 1.86. The molecule has 0 aliphatic carbocycles. The molecule has 4 nitrogen and oxygen atoms in total. The Morgan fingerprint density at radius 2 is 1.72 bits per heavy atom. The fourth-order valence-electron chi connectivity index (χ4n) is 2.58. The summed E-state index contributed by atoms with van der Waals surface area (Å²) in [5.74, 6) is 0.110. The number of hydrogen-bond donors (Lipinski definition) is 1. The van der Waals surface area contributed by atoms with Crippen molar-refractivity contribution in [3.63, 3.8) is 0 Å². The van der Waals surface area contributed by atoms with E-state index >= 15 is 0 Å². The molecule has 0 saturated heterocycles. The van der Waals surface area contributed by atoms with Crippen molar-refractivity contribution in [1.29, 1.82) is 0 Å². The summed E-state index contributed by atoms with van der Waals surface area (Å²) in [6, 6.07) is 18.5. The summed E-state index contributed by atoms with van der Waals surface area (Å²) in [7, 11) is 1.56. The molecule has 3 aromatic rings. The second-order valence-electron chi connectivity index (χ2n) is 5.57. The van der Waals surface area contributed by atoms with Crippen LogP contribution >= 0.6 is 0 Å². The van der Waals surface area contributed by atoms with Crippen molar-refractivity contribution < 1.29 is 18.3 Å². The molecule has 3 rings (SSSR count). The van der Waals surface area contributed by atoms with Crippen LogP contribution < -0.4 is 5.32 Å². The summed E-state index contributed by atoms with van der Waals surface area (Å²) in [6.07, 6.45) is 0. The van der Waals surface area contributed by atoms with Gasteiger partial charge in [-0.3, -0.25) is 4.79 Å². The number of rotatable bonds is 6. The van der Waals surface area contributed by atoms with Crippen LogP contribution in [0.4, 0.5) is 4.39 Å². The van der Waals surface area contributed by atoms with Crippen molar-refractivity contribution in [2.24, 2.45) is 0 Å². The van der Waals surface area contributed by atoms with E-state index in [1.807, 2.05) is 30.3 Å². The lowest BCUT2D eigenvalue weighted by atomic mass is 9.98. The van der Waals surface area contributed by atoms with Crippen molar-refractivity contribution in [3.8, 4) is 0 Å². The molecule has 1 atom stereocenters. The van der Waals surface area contributed by atoms with Crippen LogP contribution in [-0.2, 0) is 11.3 Å². The van der Waals surface area contributed by atoms with E-state index in [0.29, 0.717) is 12.4 Å². The third-order valence-corrected chi connectivity index (χ3v) is 3.78. The summed E-state index contributed by atoms with van der Waals surface area (Å²) in [6.45, 7) is 0.299. The fourth-order valence-corrected chi connectivity index (χ4v) is 2.58. The third-order valence-electron chi connectivity index (χ3n) is 3.78. The Bertz CT molecular complexity index is 828. The van der Waals surface area contributed by atoms with Gasteiger partial charge >= 0.3 is 0 Å². The van der Waals surface area contributed by atoms with E-state index in [1.54, 1.807) is 31.4 Å². The molecule has 0 spiro atoms. The average Bonchev–Trinajstić information content (AvgIpc) is 3.10. The zero-order chi connectivity index (χ0) is 17.6. The van der Waals surface area contributed by atoms with E-state index in [1.165, 1.54) is 12.1 Å². The number of halogens is 1. The zero-order valence-electron chi connectivity index (χ0n) is 13.7. The number of furan rings is 1. The van der Waals surface area contributed by atoms with Gasteiger partial charge in [0.05, 0.1) is 6.04 Å². The number of ether oxygens (including phenoxy) is 1. The topological polar surface area (TPSA) is 51.5 Å². The van der Waals surface area contributed by atoms with Crippen LogP contribution in [0, 0.1) is 5.82 Å². The molecule has 1 amide bonds. The zero-order valence-corrected chi connectivity index (χ0v) is 13.7. The maximum absolute atomic E-state index is 13.2. The number of hydrogen-bond acceptors (Lipinski definition) is 3. The molecule has 0 fully saturated rings. The first-order valence-electron chi connectivity index (χ1n) is 7.86. The van der Waals surface area contributed by atoms with Crippen LogP contribution in [0.5, 0.6) is 0 Å². The second-order valence-corrected chi connectivity index (χ2v) is 5.57. The van der Waals surface area contributed by atoms with E-state index in [4.69, 9.17) is 9.15 Å². The first-order valence-corrected chi connectivity index (χ1v) is 7.86. The average molecular weight is 339 g/mol. The van der Waals surface area contributed by atoms with Crippen molar-refractivity contribution in [2.45, 2.75) is 12.6 Å². The van der Waals surface area contributed by atoms with E-state index in [0.717, 1.165) is 11.1 Å². The summed E-state index contributed by atoms with van der Waals surface area (Å²) >= 11 is 0. The summed E-state index contributed by atoms with van der Waals surface area (Å²) in [5, 5.41) is 2.94. The van der Waals surface area contributed by atoms with Gasteiger partial charge in [0.1, 0.15) is 18.2 Å². The van der Waals surface area contributed by atoms with E-state index in [9.17, 15) is 9.18 Å². The Hall–Kier alpha value is -2.92. The van der Waals surface area contributed by atoms with Gasteiger partial charge in [0.25, 0.3) is 5.91 Å². The van der Waals surface area contributed by atoms with Gasteiger partial charge in [0, 0.05) is 7.11 Å². The minimum atomic E-state index is -0.412. The smallest absolute Gasteiger partial charge is 0.287 e. The van der Waals surface area contributed by atoms with Crippen LogP contribution in [0.1, 0.15) is 33.5 Å². The molecular formula is C20H18FNO3. The second kappa shape index (κ2) is 7.77. The SMILES string of the molecule is COCc1ccc(C(=O)NC(c2ccccc2)c2ccc(F)cc2)o1. The number of benzene rings is 2. The first kappa shape index (κ1) is 16.9. The lowest BCUT2D eigenvalue weighted by molar-refractivity contribution is 0.0906. The van der Waals surface area contributed by atoms with E-state index in [2.05, 4.69) is 5.32 Å². The standard InChI is InChI=1S/C20H18FNO3/c1-24-13-17-11-12-18(25-17)20(23)22-19(14-5-3-2-4-6-14)15-7-9-16(21)10-8-15/h2-12,19H,13H2,1H3,(H,22,23). The minimum absolute atomic E-state index is 0.204. The molecule has 1 unspecified atom stereocenters. The molecular weight excluding hydrogens is 321 g/mol. The Morgan fingerprint density at radius 1 is 1.04 bits per heavy atom. The van der Waals surface area contributed by atoms with Crippen LogP contribution in [-0.4, -0.2) is 13.0 Å². The highest BCUT2D eigenvalue weighted by Crippen LogP contribution is 2.23. The number of carbonyl (C=O) groups is 1. The number of amides is 1. The number of nitrogens with one attached hydrogen (secondary N) is 1. The molecule has 0 saturated carbocycles. The van der Waals surface area contributed by atoms with Gasteiger partial charge in [0.2, 0.25) is 0 Å². The highest BCUT2D eigenvalue weighted by molar-refractivity contribution is 5.92. The molecule has 5 heteroatoms. The van der Waals surface area contributed by atoms with Crippen molar-refractivity contribution in [3.05, 3.63) is 95.2 Å². The van der Waals surface area contributed by atoms with Gasteiger partial charge in [-0.25, -0.2) is 4.39 Å². The van der Waals surface area contributed by atoms with Crippen molar-refractivity contribution in [1.82, 2.24) is 5.32 Å². The molecule has 1 heterocycles. The third kappa shape index (κ3) is 4.14. The lowest BCUT2D eigenvalue weighted by Crippen LogP contribution is -2.29. The molecule has 2 aromatic carbocycles. The molecule has 25 heavy (non-hydrogen) atoms. The maximum Gasteiger partial charge on any atom is 0.287 e. The van der Waals surface area contributed by atoms with Crippen LogP contribution in [0.25, 0.3) is 0 Å². The number of methoxy groups -OCH3 is 1. The molecule has 0 aliphatic rings. The van der Waals surface area contributed by atoms with Crippen LogP contribution in [0.15, 0.2) is 71.1 Å². The normalized spacial score (nSPS) is 11.9. The van der Waals surface area contributed by atoms with Crippen molar-refractivity contribution >= 4 is 5.91 Å². The fraction of sp³-hybridized carbons (Fsp3) is 0.150. The van der Waals surface area contributed by atoms with Gasteiger partial charge in [0.15, 0.2) is 5.76 Å². The Labute approximate surface area is 145 Å². The van der Waals surface area contributed by atoms with Crippen LogP contribution in [0.3, 0.4) is 0 Å². The summed E-state index contributed by atoms with van der Waals surface area (Å²) in [5.41, 5.74) is 1.68. The molecule has 1 aromatic heterocycles. The first-order chi connectivity index (χ1) is 12.2. The quantitative estimate of drug-likeness (QED) is 0.736. The van der Waals surface area contributed by atoms with Gasteiger partial charge < -0.3 is 14.5 Å². The lowest BCUT2D eigenvalue weighted by Gasteiger charge is -2.19. The van der Waals surface area contributed by atoms with E-state index in [-0.39, 0.29) is 17.5 Å². The van der Waals surface area contributed by atoms with Gasteiger partial charge in [-0.1, -0.05) is 42.5 Å². The van der Waals surface area contributed by atoms with Gasteiger partial charge in [-0.2, -0.15) is 0 Å². The Morgan fingerprint density at radius 3 is 2.40 bits per heavy atom.